The van der Waals surface area contributed by atoms with Gasteiger partial charge in [0.05, 0.1) is 23.0 Å². The summed E-state index contributed by atoms with van der Waals surface area (Å²) in [5.41, 5.74) is 3.33. The Morgan fingerprint density at radius 1 is 1.07 bits per heavy atom. The van der Waals surface area contributed by atoms with Gasteiger partial charge in [0.25, 0.3) is 0 Å². The molecule has 0 fully saturated rings. The number of hydrogen-bond donors (Lipinski definition) is 0. The van der Waals surface area contributed by atoms with Crippen LogP contribution in [0.15, 0.2) is 68.8 Å². The van der Waals surface area contributed by atoms with Crippen LogP contribution in [-0.2, 0) is 9.53 Å². The minimum atomic E-state index is -0.331. The van der Waals surface area contributed by atoms with Gasteiger partial charge in [-0.2, -0.15) is 0 Å². The monoisotopic (exact) mass is 397 g/mol. The van der Waals surface area contributed by atoms with Crippen LogP contribution in [0.5, 0.6) is 0 Å². The summed E-state index contributed by atoms with van der Waals surface area (Å²) in [6.45, 7) is 4.13. The number of nitrogens with zero attached hydrogens (tertiary/aromatic N) is 1. The number of aryl methyl sites for hydroxylation is 1. The standard InChI is InChI=1S/C21H19NO3S2/c1-3-25-20(23)13-26-19-12-18(16-6-4-5-7-17(16)21(19)24)22-27-15-10-8-14(2)9-11-15/h4-12H,3,13H2,1-2H3/b22-18+. The Labute approximate surface area is 167 Å². The average Bonchev–Trinajstić information content (AvgIpc) is 2.68. The van der Waals surface area contributed by atoms with Crippen molar-refractivity contribution in [1.82, 2.24) is 0 Å². The third-order valence-electron chi connectivity index (χ3n) is 3.86. The molecule has 2 aromatic rings. The number of rotatable bonds is 6. The van der Waals surface area contributed by atoms with Gasteiger partial charge in [-0.05, 0) is 32.1 Å². The highest BCUT2D eigenvalue weighted by atomic mass is 32.2. The Bertz CT molecular complexity index is 917. The summed E-state index contributed by atoms with van der Waals surface area (Å²) in [5.74, 6) is -0.312. The van der Waals surface area contributed by atoms with E-state index in [0.29, 0.717) is 17.1 Å². The molecule has 1 aliphatic carbocycles. The fourth-order valence-corrected chi connectivity index (χ4v) is 3.93. The highest BCUT2D eigenvalue weighted by molar-refractivity contribution is 8.04. The molecule has 27 heavy (non-hydrogen) atoms. The van der Waals surface area contributed by atoms with Crippen LogP contribution in [0.2, 0.25) is 0 Å². The van der Waals surface area contributed by atoms with Gasteiger partial charge >= 0.3 is 5.97 Å². The number of carbonyl (C=O) groups is 2. The quantitative estimate of drug-likeness (QED) is 0.514. The molecule has 0 N–H and O–H groups in total. The predicted molar refractivity (Wildman–Crippen MR) is 112 cm³/mol. The van der Waals surface area contributed by atoms with Crippen molar-refractivity contribution < 1.29 is 14.3 Å². The van der Waals surface area contributed by atoms with Crippen molar-refractivity contribution in [2.75, 3.05) is 12.4 Å². The molecule has 0 bridgehead atoms. The fraction of sp³-hybridized carbons (Fsp3) is 0.190. The number of thioether (sulfide) groups is 1. The van der Waals surface area contributed by atoms with Crippen LogP contribution in [0.1, 0.15) is 28.4 Å². The van der Waals surface area contributed by atoms with Crippen LogP contribution in [0, 0.1) is 6.92 Å². The summed E-state index contributed by atoms with van der Waals surface area (Å²) in [7, 11) is 0. The summed E-state index contributed by atoms with van der Waals surface area (Å²) >= 11 is 2.56. The van der Waals surface area contributed by atoms with Crippen LogP contribution in [-0.4, -0.2) is 29.8 Å². The molecule has 0 saturated heterocycles. The molecule has 138 valence electrons. The van der Waals surface area contributed by atoms with Crippen LogP contribution >= 0.6 is 23.7 Å². The van der Waals surface area contributed by atoms with Crippen molar-refractivity contribution in [3.05, 3.63) is 76.2 Å². The Morgan fingerprint density at radius 3 is 2.48 bits per heavy atom. The molecule has 0 aromatic heterocycles. The van der Waals surface area contributed by atoms with E-state index in [1.54, 1.807) is 19.1 Å². The Balaban J connectivity index is 1.86. The second-order valence-corrected chi connectivity index (χ2v) is 7.71. The average molecular weight is 398 g/mol. The van der Waals surface area contributed by atoms with E-state index >= 15 is 0 Å². The van der Waals surface area contributed by atoms with Gasteiger partial charge < -0.3 is 4.74 Å². The van der Waals surface area contributed by atoms with Gasteiger partial charge in [0, 0.05) is 28.0 Å². The number of esters is 1. The molecule has 1 aliphatic rings. The number of ether oxygens (including phenoxy) is 1. The molecule has 0 atom stereocenters. The highest BCUT2D eigenvalue weighted by Crippen LogP contribution is 2.30. The second kappa shape index (κ2) is 9.06. The first-order chi connectivity index (χ1) is 13.1. The van der Waals surface area contributed by atoms with Gasteiger partial charge in [0.2, 0.25) is 0 Å². The minimum Gasteiger partial charge on any atom is -0.465 e. The maximum absolute atomic E-state index is 12.7. The Hall–Kier alpha value is -2.31. The summed E-state index contributed by atoms with van der Waals surface area (Å²) in [6, 6.07) is 15.5. The van der Waals surface area contributed by atoms with Gasteiger partial charge in [0.1, 0.15) is 0 Å². The second-order valence-electron chi connectivity index (χ2n) is 5.86. The van der Waals surface area contributed by atoms with E-state index in [4.69, 9.17) is 4.74 Å². The Kier molecular flexibility index (Phi) is 6.53. The Morgan fingerprint density at radius 2 is 1.78 bits per heavy atom. The van der Waals surface area contributed by atoms with E-state index in [1.807, 2.05) is 49.4 Å². The molecule has 0 heterocycles. The summed E-state index contributed by atoms with van der Waals surface area (Å²) in [6.07, 6.45) is 1.76. The van der Waals surface area contributed by atoms with Crippen LogP contribution in [0.25, 0.3) is 0 Å². The van der Waals surface area contributed by atoms with E-state index in [-0.39, 0.29) is 17.5 Å². The molecule has 0 radical (unpaired) electrons. The topological polar surface area (TPSA) is 55.7 Å². The van der Waals surface area contributed by atoms with Crippen molar-refractivity contribution in [2.24, 2.45) is 4.40 Å². The number of hydrogen-bond acceptors (Lipinski definition) is 6. The SMILES string of the molecule is CCOC(=O)CSC1=C/C(=N\Sc2ccc(C)cc2)c2ccccc2C1=O. The minimum absolute atomic E-state index is 0.0841. The number of ketones is 1. The van der Waals surface area contributed by atoms with Crippen LogP contribution in [0.4, 0.5) is 0 Å². The largest absolute Gasteiger partial charge is 0.465 e. The molecule has 0 saturated carbocycles. The van der Waals surface area contributed by atoms with Gasteiger partial charge in [-0.15, -0.1) is 11.8 Å². The molecule has 4 nitrogen and oxygen atoms in total. The lowest BCUT2D eigenvalue weighted by Gasteiger charge is -2.16. The number of Topliss-reactive ketones (excluding diaryl/α,β-unsaturated/α-hetero) is 1. The number of allylic oxidation sites excluding steroid dienone is 2. The van der Waals surface area contributed by atoms with Crippen molar-refractivity contribution in [1.29, 1.82) is 0 Å². The van der Waals surface area contributed by atoms with Gasteiger partial charge in [-0.1, -0.05) is 42.0 Å². The third kappa shape index (κ3) is 4.90. The summed E-state index contributed by atoms with van der Waals surface area (Å²) < 4.78 is 9.59. The van der Waals surface area contributed by atoms with Crippen molar-refractivity contribution in [3.8, 4) is 0 Å². The van der Waals surface area contributed by atoms with E-state index in [2.05, 4.69) is 4.40 Å². The summed E-state index contributed by atoms with van der Waals surface area (Å²) in [4.78, 5) is 25.9. The number of fused-ring (bicyclic) bond motifs is 1. The zero-order chi connectivity index (χ0) is 19.2. The maximum Gasteiger partial charge on any atom is 0.316 e. The fourth-order valence-electron chi connectivity index (χ4n) is 2.53. The molecule has 6 heteroatoms. The molecular formula is C21H19NO3S2. The lowest BCUT2D eigenvalue weighted by molar-refractivity contribution is -0.139. The highest BCUT2D eigenvalue weighted by Gasteiger charge is 2.25. The smallest absolute Gasteiger partial charge is 0.316 e. The maximum atomic E-state index is 12.7. The van der Waals surface area contributed by atoms with E-state index < -0.39 is 0 Å². The van der Waals surface area contributed by atoms with Crippen molar-refractivity contribution >= 4 is 41.2 Å². The molecule has 0 spiro atoms. The molecule has 2 aromatic carbocycles. The molecule has 0 unspecified atom stereocenters. The van der Waals surface area contributed by atoms with Crippen molar-refractivity contribution in [2.45, 2.75) is 18.7 Å². The molecule has 3 rings (SSSR count). The van der Waals surface area contributed by atoms with E-state index in [1.165, 1.54) is 29.3 Å². The van der Waals surface area contributed by atoms with Gasteiger partial charge in [-0.25, -0.2) is 4.40 Å². The first kappa shape index (κ1) is 19.5. The lowest BCUT2D eigenvalue weighted by Crippen LogP contribution is -2.17. The zero-order valence-electron chi connectivity index (χ0n) is 15.1. The van der Waals surface area contributed by atoms with Crippen LogP contribution < -0.4 is 0 Å². The molecule has 0 aliphatic heterocycles. The van der Waals surface area contributed by atoms with E-state index in [0.717, 1.165) is 16.2 Å². The summed E-state index contributed by atoms with van der Waals surface area (Å²) in [5, 5.41) is 0. The van der Waals surface area contributed by atoms with Gasteiger partial charge in [-0.3, -0.25) is 9.59 Å². The van der Waals surface area contributed by atoms with Crippen molar-refractivity contribution in [3.63, 3.8) is 0 Å². The van der Waals surface area contributed by atoms with Gasteiger partial charge in [0.15, 0.2) is 5.78 Å². The predicted octanol–water partition coefficient (Wildman–Crippen LogP) is 4.87. The number of carbonyl (C=O) groups excluding carboxylic acids is 2. The molecular weight excluding hydrogens is 378 g/mol. The lowest BCUT2D eigenvalue weighted by atomic mass is 9.94. The first-order valence-corrected chi connectivity index (χ1v) is 10.3. The van der Waals surface area contributed by atoms with Crippen LogP contribution in [0.3, 0.4) is 0 Å². The third-order valence-corrected chi connectivity index (χ3v) is 5.63. The zero-order valence-corrected chi connectivity index (χ0v) is 16.7. The van der Waals surface area contributed by atoms with E-state index in [9.17, 15) is 9.59 Å². The molecule has 0 amide bonds. The normalized spacial score (nSPS) is 14.7. The number of benzene rings is 2. The first-order valence-electron chi connectivity index (χ1n) is 8.54.